The standard InChI is InChI=1S/C24H23ClN2O4S/c1-17-15-21(32(29,30)27-14-4-6-18-5-2-3-7-22(18)27)12-13-23(17)31-16-24(28)26-20-10-8-19(25)9-11-20/h2-3,5,7-13,15H,4,6,14,16H2,1H3,(H,26,28). The summed E-state index contributed by atoms with van der Waals surface area (Å²) in [5, 5.41) is 3.30. The van der Waals surface area contributed by atoms with Crippen LogP contribution in [0, 0.1) is 6.92 Å². The zero-order chi connectivity index (χ0) is 22.7. The summed E-state index contributed by atoms with van der Waals surface area (Å²) in [5.74, 6) is 0.127. The number of carbonyl (C=O) groups is 1. The molecule has 0 unspecified atom stereocenters. The number of rotatable bonds is 6. The Morgan fingerprint density at radius 3 is 2.59 bits per heavy atom. The Morgan fingerprint density at radius 1 is 1.09 bits per heavy atom. The Kier molecular flexibility index (Phi) is 6.39. The Morgan fingerprint density at radius 2 is 1.84 bits per heavy atom. The maximum absolute atomic E-state index is 13.3. The molecule has 0 bridgehead atoms. The monoisotopic (exact) mass is 470 g/mol. The lowest BCUT2D eigenvalue weighted by molar-refractivity contribution is -0.118. The van der Waals surface area contributed by atoms with Crippen molar-refractivity contribution in [2.45, 2.75) is 24.7 Å². The fourth-order valence-corrected chi connectivity index (χ4v) is 5.45. The highest BCUT2D eigenvalue weighted by Gasteiger charge is 2.29. The van der Waals surface area contributed by atoms with Gasteiger partial charge in [0, 0.05) is 17.3 Å². The number of halogens is 1. The van der Waals surface area contributed by atoms with E-state index in [-0.39, 0.29) is 17.4 Å². The van der Waals surface area contributed by atoms with Crippen molar-refractivity contribution in [2.24, 2.45) is 0 Å². The van der Waals surface area contributed by atoms with Crippen LogP contribution in [0.5, 0.6) is 5.75 Å². The summed E-state index contributed by atoms with van der Waals surface area (Å²) in [6.45, 7) is 2.01. The molecule has 4 rings (SSSR count). The molecule has 0 radical (unpaired) electrons. The normalized spacial score (nSPS) is 13.4. The topological polar surface area (TPSA) is 75.7 Å². The van der Waals surface area contributed by atoms with Crippen molar-refractivity contribution in [1.29, 1.82) is 0 Å². The molecular weight excluding hydrogens is 448 g/mol. The number of para-hydroxylation sites is 1. The molecule has 1 heterocycles. The van der Waals surface area contributed by atoms with Crippen LogP contribution >= 0.6 is 11.6 Å². The predicted octanol–water partition coefficient (Wildman–Crippen LogP) is 4.81. The SMILES string of the molecule is Cc1cc(S(=O)(=O)N2CCCc3ccccc32)ccc1OCC(=O)Nc1ccc(Cl)cc1. The third-order valence-corrected chi connectivity index (χ3v) is 7.35. The highest BCUT2D eigenvalue weighted by molar-refractivity contribution is 7.92. The lowest BCUT2D eigenvalue weighted by Gasteiger charge is -2.30. The maximum atomic E-state index is 13.3. The number of nitrogens with zero attached hydrogens (tertiary/aromatic N) is 1. The quantitative estimate of drug-likeness (QED) is 0.561. The van der Waals surface area contributed by atoms with Crippen LogP contribution in [0.2, 0.25) is 5.02 Å². The molecule has 32 heavy (non-hydrogen) atoms. The fraction of sp³-hybridized carbons (Fsp3) is 0.208. The van der Waals surface area contributed by atoms with Crippen molar-refractivity contribution in [3.05, 3.63) is 82.9 Å². The molecule has 1 aliphatic rings. The van der Waals surface area contributed by atoms with Crippen molar-refractivity contribution in [3.8, 4) is 5.75 Å². The molecule has 1 aliphatic heterocycles. The number of hydrogen-bond acceptors (Lipinski definition) is 4. The van der Waals surface area contributed by atoms with E-state index in [9.17, 15) is 13.2 Å². The summed E-state index contributed by atoms with van der Waals surface area (Å²) >= 11 is 5.84. The van der Waals surface area contributed by atoms with Crippen LogP contribution in [-0.4, -0.2) is 27.5 Å². The lowest BCUT2D eigenvalue weighted by atomic mass is 10.0. The highest BCUT2D eigenvalue weighted by Crippen LogP contribution is 2.33. The predicted molar refractivity (Wildman–Crippen MR) is 126 cm³/mol. The van der Waals surface area contributed by atoms with Gasteiger partial charge in [-0.15, -0.1) is 0 Å². The van der Waals surface area contributed by atoms with Gasteiger partial charge in [-0.2, -0.15) is 0 Å². The summed E-state index contributed by atoms with van der Waals surface area (Å²) in [7, 11) is -3.70. The molecule has 1 amide bonds. The van der Waals surface area contributed by atoms with Crippen molar-refractivity contribution in [3.63, 3.8) is 0 Å². The van der Waals surface area contributed by atoms with E-state index in [4.69, 9.17) is 16.3 Å². The number of fused-ring (bicyclic) bond motifs is 1. The number of sulfonamides is 1. The van der Waals surface area contributed by atoms with Gasteiger partial charge in [0.15, 0.2) is 6.61 Å². The van der Waals surface area contributed by atoms with Gasteiger partial charge in [0.1, 0.15) is 5.75 Å². The third kappa shape index (κ3) is 4.74. The van der Waals surface area contributed by atoms with Crippen LogP contribution in [0.25, 0.3) is 0 Å². The summed E-state index contributed by atoms with van der Waals surface area (Å²) in [4.78, 5) is 12.4. The van der Waals surface area contributed by atoms with E-state index in [2.05, 4.69) is 5.32 Å². The Bertz CT molecular complexity index is 1240. The molecule has 166 valence electrons. The number of anilines is 2. The van der Waals surface area contributed by atoms with E-state index in [1.807, 2.05) is 24.3 Å². The van der Waals surface area contributed by atoms with E-state index in [1.165, 1.54) is 10.4 Å². The third-order valence-electron chi connectivity index (χ3n) is 5.29. The molecule has 6 nitrogen and oxygen atoms in total. The maximum Gasteiger partial charge on any atom is 0.264 e. The van der Waals surface area contributed by atoms with Crippen molar-refractivity contribution >= 4 is 38.9 Å². The molecule has 0 saturated heterocycles. The van der Waals surface area contributed by atoms with Crippen LogP contribution < -0.4 is 14.4 Å². The fourth-order valence-electron chi connectivity index (χ4n) is 3.69. The molecule has 8 heteroatoms. The number of ether oxygens (including phenoxy) is 1. The summed E-state index contributed by atoms with van der Waals surface area (Å²) < 4.78 is 33.7. The number of hydrogen-bond donors (Lipinski definition) is 1. The first-order valence-electron chi connectivity index (χ1n) is 10.2. The lowest BCUT2D eigenvalue weighted by Crippen LogP contribution is -2.35. The second-order valence-electron chi connectivity index (χ2n) is 7.58. The van der Waals surface area contributed by atoms with Gasteiger partial charge >= 0.3 is 0 Å². The molecule has 0 saturated carbocycles. The van der Waals surface area contributed by atoms with Gasteiger partial charge in [0.25, 0.3) is 15.9 Å². The first-order chi connectivity index (χ1) is 15.3. The second kappa shape index (κ2) is 9.22. The minimum absolute atomic E-state index is 0.199. The summed E-state index contributed by atoms with van der Waals surface area (Å²) in [6.07, 6.45) is 1.64. The summed E-state index contributed by atoms with van der Waals surface area (Å²) in [6, 6.07) is 19.0. The number of nitrogens with one attached hydrogen (secondary N) is 1. The molecule has 3 aromatic carbocycles. The molecule has 1 N–H and O–H groups in total. The van der Waals surface area contributed by atoms with Crippen molar-refractivity contribution in [2.75, 3.05) is 22.8 Å². The van der Waals surface area contributed by atoms with E-state index in [0.717, 1.165) is 24.1 Å². The largest absolute Gasteiger partial charge is 0.483 e. The van der Waals surface area contributed by atoms with Crippen molar-refractivity contribution in [1.82, 2.24) is 0 Å². The van der Waals surface area contributed by atoms with E-state index in [0.29, 0.717) is 28.6 Å². The molecule has 0 aliphatic carbocycles. The first-order valence-corrected chi connectivity index (χ1v) is 12.1. The minimum atomic E-state index is -3.70. The molecule has 0 aromatic heterocycles. The van der Waals surface area contributed by atoms with Gasteiger partial charge in [-0.3, -0.25) is 9.10 Å². The average Bonchev–Trinajstić information content (AvgIpc) is 2.79. The highest BCUT2D eigenvalue weighted by atomic mass is 35.5. The summed E-state index contributed by atoms with van der Waals surface area (Å²) in [5.41, 5.74) is 3.01. The van der Waals surface area contributed by atoms with E-state index < -0.39 is 10.0 Å². The van der Waals surface area contributed by atoms with Crippen LogP contribution in [0.3, 0.4) is 0 Å². The molecule has 0 spiro atoms. The zero-order valence-electron chi connectivity index (χ0n) is 17.5. The molecule has 0 fully saturated rings. The van der Waals surface area contributed by atoms with Gasteiger partial charge < -0.3 is 10.1 Å². The van der Waals surface area contributed by atoms with E-state index >= 15 is 0 Å². The Labute approximate surface area is 192 Å². The van der Waals surface area contributed by atoms with Crippen molar-refractivity contribution < 1.29 is 17.9 Å². The Hall–Kier alpha value is -3.03. The van der Waals surface area contributed by atoms with Crippen LogP contribution in [0.15, 0.2) is 71.6 Å². The van der Waals surface area contributed by atoms with E-state index in [1.54, 1.807) is 43.3 Å². The number of benzene rings is 3. The van der Waals surface area contributed by atoms with Crippen LogP contribution in [0.1, 0.15) is 17.5 Å². The van der Waals surface area contributed by atoms with Gasteiger partial charge in [-0.05, 0) is 79.4 Å². The van der Waals surface area contributed by atoms with Gasteiger partial charge in [0.05, 0.1) is 10.6 Å². The second-order valence-corrected chi connectivity index (χ2v) is 9.88. The molecule has 0 atom stereocenters. The van der Waals surface area contributed by atoms with Crippen LogP contribution in [-0.2, 0) is 21.2 Å². The molecule has 3 aromatic rings. The first kappa shape index (κ1) is 22.2. The molecular formula is C24H23ClN2O4S. The minimum Gasteiger partial charge on any atom is -0.483 e. The average molecular weight is 471 g/mol. The Balaban J connectivity index is 1.46. The van der Waals surface area contributed by atoms with Crippen LogP contribution in [0.4, 0.5) is 11.4 Å². The zero-order valence-corrected chi connectivity index (χ0v) is 19.1. The van der Waals surface area contributed by atoms with Gasteiger partial charge in [0.2, 0.25) is 0 Å². The van der Waals surface area contributed by atoms with Gasteiger partial charge in [-0.25, -0.2) is 8.42 Å². The number of amides is 1. The smallest absolute Gasteiger partial charge is 0.264 e. The number of carbonyl (C=O) groups excluding carboxylic acids is 1. The number of aryl methyl sites for hydroxylation is 2. The van der Waals surface area contributed by atoms with Gasteiger partial charge in [-0.1, -0.05) is 29.8 Å².